The molecule has 0 bridgehead atoms. The van der Waals surface area contributed by atoms with Gasteiger partial charge in [-0.1, -0.05) is 67.6 Å². The van der Waals surface area contributed by atoms with Crippen molar-refractivity contribution in [1.29, 1.82) is 0 Å². The fourth-order valence-corrected chi connectivity index (χ4v) is 3.61. The summed E-state index contributed by atoms with van der Waals surface area (Å²) in [6.45, 7) is 2.74. The first-order valence-electron chi connectivity index (χ1n) is 10.0. The lowest BCUT2D eigenvalue weighted by atomic mass is 10.1. The molecule has 9 nitrogen and oxygen atoms in total. The largest absolute Gasteiger partial charge is 0.494 e. The molecule has 1 amide bonds. The Hall–Kier alpha value is -3.66. The normalized spacial score (nSPS) is 11.9. The highest BCUT2D eigenvalue weighted by Gasteiger charge is 2.24. The predicted octanol–water partition coefficient (Wildman–Crippen LogP) is 2.62. The molecule has 1 unspecified atom stereocenters. The lowest BCUT2D eigenvalue weighted by Crippen LogP contribution is -2.28. The summed E-state index contributed by atoms with van der Waals surface area (Å²) in [5.74, 6) is 0.287. The third kappa shape index (κ3) is 6.67. The number of carbonyl (C=O) groups is 1. The number of hydrazone groups is 1. The number of nitrogens with one attached hydrogen (secondary N) is 3. The molecule has 0 aliphatic carbocycles. The summed E-state index contributed by atoms with van der Waals surface area (Å²) in [5.41, 5.74) is 2.54. The fraction of sp³-hybridized carbons (Fsp3) is 0.227. The number of hydrogen-bond donors (Lipinski definition) is 3. The van der Waals surface area contributed by atoms with Crippen molar-refractivity contribution in [2.24, 2.45) is 5.10 Å². The van der Waals surface area contributed by atoms with Crippen molar-refractivity contribution in [2.45, 2.75) is 30.0 Å². The number of rotatable bonds is 10. The third-order valence-electron chi connectivity index (χ3n) is 4.26. The highest BCUT2D eigenvalue weighted by molar-refractivity contribution is 8.00. The highest BCUT2D eigenvalue weighted by Crippen LogP contribution is 2.32. The van der Waals surface area contributed by atoms with Crippen LogP contribution in [0.4, 0.5) is 0 Å². The van der Waals surface area contributed by atoms with Crippen LogP contribution in [0.15, 0.2) is 74.3 Å². The summed E-state index contributed by atoms with van der Waals surface area (Å²) in [7, 11) is 0. The van der Waals surface area contributed by atoms with Crippen LogP contribution in [-0.4, -0.2) is 33.9 Å². The molecule has 3 N–H and O–H groups in total. The molecule has 0 fully saturated rings. The predicted molar refractivity (Wildman–Crippen MR) is 123 cm³/mol. The summed E-state index contributed by atoms with van der Waals surface area (Å²) in [6, 6.07) is 16.3. The summed E-state index contributed by atoms with van der Waals surface area (Å²) < 4.78 is 5.68. The molecule has 2 aromatic carbocycles. The second-order valence-electron chi connectivity index (χ2n) is 6.73. The number of H-pyrrole nitrogens is 2. The van der Waals surface area contributed by atoms with E-state index in [1.165, 1.54) is 6.21 Å². The number of aromatic amines is 2. The number of amides is 1. The van der Waals surface area contributed by atoms with Crippen molar-refractivity contribution in [3.05, 3.63) is 86.6 Å². The van der Waals surface area contributed by atoms with Crippen molar-refractivity contribution in [2.75, 3.05) is 6.61 Å². The number of nitrogens with zero attached hydrogens (tertiary/aromatic N) is 2. The Morgan fingerprint density at radius 2 is 2.03 bits per heavy atom. The van der Waals surface area contributed by atoms with Crippen molar-refractivity contribution >= 4 is 23.9 Å². The molecule has 1 aromatic heterocycles. The topological polar surface area (TPSA) is 129 Å². The minimum absolute atomic E-state index is 0.0329. The third-order valence-corrected chi connectivity index (χ3v) is 5.49. The Labute approximate surface area is 188 Å². The molecule has 0 radical (unpaired) electrons. The first kappa shape index (κ1) is 23.0. The van der Waals surface area contributed by atoms with Gasteiger partial charge in [0, 0.05) is 0 Å². The second kappa shape index (κ2) is 11.7. The van der Waals surface area contributed by atoms with Crippen LogP contribution < -0.4 is 21.4 Å². The van der Waals surface area contributed by atoms with Gasteiger partial charge >= 0.3 is 5.69 Å². The SMILES string of the molecule is CCCCOc1cccc(/C=N\NC(=O)C(Sc2n[nH]c(=O)[nH]c2=O)c2ccccc2)c1. The molecule has 32 heavy (non-hydrogen) atoms. The first-order chi connectivity index (χ1) is 15.6. The van der Waals surface area contributed by atoms with Gasteiger partial charge in [0.2, 0.25) is 0 Å². The van der Waals surface area contributed by atoms with E-state index in [-0.39, 0.29) is 5.03 Å². The average Bonchev–Trinajstić information content (AvgIpc) is 2.79. The average molecular weight is 454 g/mol. The molecule has 166 valence electrons. The van der Waals surface area contributed by atoms with E-state index in [1.54, 1.807) is 24.3 Å². The quantitative estimate of drug-likeness (QED) is 0.187. The summed E-state index contributed by atoms with van der Waals surface area (Å²) in [4.78, 5) is 38.2. The van der Waals surface area contributed by atoms with Crippen molar-refractivity contribution in [3.8, 4) is 5.75 Å². The zero-order valence-corrected chi connectivity index (χ0v) is 18.2. The summed E-state index contributed by atoms with van der Waals surface area (Å²) >= 11 is 0.914. The molecule has 1 atom stereocenters. The lowest BCUT2D eigenvalue weighted by Gasteiger charge is -2.14. The maximum atomic E-state index is 12.9. The number of hydrogen-bond acceptors (Lipinski definition) is 7. The van der Waals surface area contributed by atoms with Gasteiger partial charge in [0.15, 0.2) is 5.03 Å². The smallest absolute Gasteiger partial charge is 0.342 e. The number of benzene rings is 2. The molecule has 0 saturated carbocycles. The molecule has 3 rings (SSSR count). The molecule has 0 aliphatic heterocycles. The summed E-state index contributed by atoms with van der Waals surface area (Å²) in [6.07, 6.45) is 3.54. The van der Waals surface area contributed by atoms with Gasteiger partial charge in [0.1, 0.15) is 11.0 Å². The van der Waals surface area contributed by atoms with Crippen molar-refractivity contribution in [3.63, 3.8) is 0 Å². The second-order valence-corrected chi connectivity index (χ2v) is 7.82. The van der Waals surface area contributed by atoms with Gasteiger partial charge in [-0.3, -0.25) is 14.6 Å². The Morgan fingerprint density at radius 1 is 1.22 bits per heavy atom. The Kier molecular flexibility index (Phi) is 8.38. The Morgan fingerprint density at radius 3 is 2.78 bits per heavy atom. The van der Waals surface area contributed by atoms with Crippen molar-refractivity contribution < 1.29 is 9.53 Å². The molecular weight excluding hydrogens is 430 g/mol. The molecule has 0 saturated heterocycles. The molecule has 1 heterocycles. The lowest BCUT2D eigenvalue weighted by molar-refractivity contribution is -0.120. The van der Waals surface area contributed by atoms with Crippen LogP contribution >= 0.6 is 11.8 Å². The maximum absolute atomic E-state index is 12.9. The standard InChI is InChI=1S/C22H23N5O4S/c1-2-3-12-31-17-11-7-8-15(13-17)14-23-25-19(28)18(16-9-5-4-6-10-16)32-21-20(29)24-22(30)27-26-21/h4-11,13-14,18H,2-3,12H2,1H3,(H,25,28)(H2,24,27,29,30)/b23-14-. The van der Waals surface area contributed by atoms with E-state index in [9.17, 15) is 14.4 Å². The van der Waals surface area contributed by atoms with E-state index in [1.807, 2.05) is 30.3 Å². The van der Waals surface area contributed by atoms with Crippen LogP contribution in [0.25, 0.3) is 0 Å². The molecule has 10 heteroatoms. The first-order valence-corrected chi connectivity index (χ1v) is 10.9. The fourth-order valence-electron chi connectivity index (χ4n) is 2.68. The van der Waals surface area contributed by atoms with E-state index < -0.39 is 22.4 Å². The van der Waals surface area contributed by atoms with Gasteiger partial charge in [-0.05, 0) is 29.7 Å². The molecule has 0 spiro atoms. The van der Waals surface area contributed by atoms with Crippen LogP contribution in [0.5, 0.6) is 5.75 Å². The highest BCUT2D eigenvalue weighted by atomic mass is 32.2. The number of unbranched alkanes of at least 4 members (excludes halogenated alkanes) is 1. The number of aromatic nitrogens is 3. The Balaban J connectivity index is 1.72. The number of thioether (sulfide) groups is 1. The van der Waals surface area contributed by atoms with Crippen LogP contribution in [-0.2, 0) is 4.79 Å². The van der Waals surface area contributed by atoms with Gasteiger partial charge in [0.05, 0.1) is 12.8 Å². The van der Waals surface area contributed by atoms with Gasteiger partial charge in [-0.25, -0.2) is 15.3 Å². The van der Waals surface area contributed by atoms with Crippen molar-refractivity contribution in [1.82, 2.24) is 20.6 Å². The summed E-state index contributed by atoms with van der Waals surface area (Å²) in [5, 5.41) is 9.12. The van der Waals surface area contributed by atoms with E-state index >= 15 is 0 Å². The molecule has 0 aliphatic rings. The maximum Gasteiger partial charge on any atom is 0.342 e. The van der Waals surface area contributed by atoms with Gasteiger partial charge in [-0.15, -0.1) is 0 Å². The van der Waals surface area contributed by atoms with Gasteiger partial charge < -0.3 is 4.74 Å². The number of carbonyl (C=O) groups excluding carboxylic acids is 1. The number of ether oxygens (including phenoxy) is 1. The van der Waals surface area contributed by atoms with E-state index in [0.717, 1.165) is 35.9 Å². The van der Waals surface area contributed by atoms with E-state index in [0.29, 0.717) is 12.2 Å². The Bertz CT molecular complexity index is 1180. The van der Waals surface area contributed by atoms with Gasteiger partial charge in [0.25, 0.3) is 11.5 Å². The minimum Gasteiger partial charge on any atom is -0.494 e. The zero-order chi connectivity index (χ0) is 22.8. The van der Waals surface area contributed by atoms with Crippen LogP contribution in [0.1, 0.15) is 36.1 Å². The molecular formula is C22H23N5O4S. The van der Waals surface area contributed by atoms with E-state index in [2.05, 4.69) is 32.6 Å². The van der Waals surface area contributed by atoms with Crippen LogP contribution in [0.3, 0.4) is 0 Å². The van der Waals surface area contributed by atoms with Crippen LogP contribution in [0.2, 0.25) is 0 Å². The minimum atomic E-state index is -0.809. The zero-order valence-electron chi connectivity index (χ0n) is 17.4. The van der Waals surface area contributed by atoms with E-state index in [4.69, 9.17) is 4.74 Å². The van der Waals surface area contributed by atoms with Gasteiger partial charge in [-0.2, -0.15) is 10.2 Å². The van der Waals surface area contributed by atoms with Crippen LogP contribution in [0, 0.1) is 0 Å². The monoisotopic (exact) mass is 453 g/mol. The molecule has 3 aromatic rings.